The number of nitrogens with one attached hydrogen (secondary N) is 1. The lowest BCUT2D eigenvalue weighted by Crippen LogP contribution is -2.35. The highest BCUT2D eigenvalue weighted by Crippen LogP contribution is 2.58. The third-order valence-electron chi connectivity index (χ3n) is 5.29. The first kappa shape index (κ1) is 19.3. The first-order chi connectivity index (χ1) is 13.6. The van der Waals surface area contributed by atoms with Crippen molar-refractivity contribution in [1.29, 1.82) is 0 Å². The Labute approximate surface area is 167 Å². The second kappa shape index (κ2) is 8.13. The highest BCUT2D eigenvalue weighted by molar-refractivity contribution is 8.23. The number of para-hydroxylation sites is 1. The number of hydrogen-bond acceptors (Lipinski definition) is 5. The summed E-state index contributed by atoms with van der Waals surface area (Å²) in [6, 6.07) is 14.9. The summed E-state index contributed by atoms with van der Waals surface area (Å²) in [5, 5.41) is 3.41. The van der Waals surface area contributed by atoms with Gasteiger partial charge in [0.1, 0.15) is 11.9 Å². The second-order valence-corrected chi connectivity index (χ2v) is 9.14. The normalized spacial score (nSPS) is 21.0. The third-order valence-corrected chi connectivity index (χ3v) is 7.19. The molecule has 7 heteroatoms. The molecule has 2 aromatic rings. The predicted octanol–water partition coefficient (Wildman–Crippen LogP) is 3.93. The molecule has 3 N–H and O–H groups in total. The summed E-state index contributed by atoms with van der Waals surface area (Å²) in [7, 11) is -3.19. The van der Waals surface area contributed by atoms with E-state index >= 15 is 0 Å². The van der Waals surface area contributed by atoms with Gasteiger partial charge in [-0.2, -0.15) is 0 Å². The van der Waals surface area contributed by atoms with Gasteiger partial charge >= 0.3 is 0 Å². The fraction of sp³-hybridized carbons (Fsp3) is 0.381. The average molecular weight is 403 g/mol. The molecule has 0 spiro atoms. The number of unbranched alkanes of at least 4 members (excludes halogenated alkanes) is 1. The van der Waals surface area contributed by atoms with Gasteiger partial charge in [-0.3, -0.25) is 13.9 Å². The number of carbonyl (C=O) groups excluding carboxylic acids is 1. The Morgan fingerprint density at radius 1 is 1.11 bits per heavy atom. The zero-order valence-electron chi connectivity index (χ0n) is 15.7. The molecule has 6 nitrogen and oxygen atoms in total. The summed E-state index contributed by atoms with van der Waals surface area (Å²) in [5.41, 5.74) is 1.67. The molecule has 2 heterocycles. The number of nitrogens with zero attached hydrogens (tertiary/aromatic N) is 1. The molecule has 0 fully saturated rings. The zero-order valence-corrected chi connectivity index (χ0v) is 16.5. The fourth-order valence-corrected chi connectivity index (χ4v) is 5.43. The molecule has 0 saturated carbocycles. The molecule has 0 saturated heterocycles. The van der Waals surface area contributed by atoms with Crippen molar-refractivity contribution in [3.8, 4) is 5.75 Å². The van der Waals surface area contributed by atoms with E-state index in [2.05, 4.69) is 11.4 Å². The van der Waals surface area contributed by atoms with Crippen molar-refractivity contribution in [2.75, 3.05) is 19.6 Å². The minimum atomic E-state index is -3.19. The zero-order chi connectivity index (χ0) is 19.6. The first-order valence-corrected chi connectivity index (χ1v) is 11.2. The van der Waals surface area contributed by atoms with Gasteiger partial charge in [-0.05, 0) is 56.0 Å². The Morgan fingerprint density at radius 2 is 1.89 bits per heavy atom. The molecule has 0 radical (unpaired) electrons. The largest absolute Gasteiger partial charge is 0.489 e. The number of carbonyl (C=O) groups is 1. The molecule has 0 aromatic heterocycles. The molecular weight excluding hydrogens is 376 g/mol. The van der Waals surface area contributed by atoms with Crippen LogP contribution in [0, 0.1) is 0 Å². The molecule has 2 aliphatic rings. The minimum Gasteiger partial charge on any atom is -0.489 e. The number of amides is 1. The Hall–Kier alpha value is -2.06. The van der Waals surface area contributed by atoms with Crippen molar-refractivity contribution in [2.45, 2.75) is 36.7 Å². The lowest BCUT2D eigenvalue weighted by atomic mass is 10.0. The molecule has 1 unspecified atom stereocenters. The number of hydrogen-bond donors (Lipinski definition) is 3. The highest BCUT2D eigenvalue weighted by atomic mass is 32.3. The van der Waals surface area contributed by atoms with Gasteiger partial charge in [-0.25, -0.2) is 4.31 Å². The molecule has 0 aliphatic carbocycles. The molecule has 4 rings (SSSR count). The monoisotopic (exact) mass is 402 g/mol. The maximum atomic E-state index is 12.4. The smallest absolute Gasteiger partial charge is 0.274 e. The van der Waals surface area contributed by atoms with Gasteiger partial charge in [0.05, 0.1) is 10.5 Å². The summed E-state index contributed by atoms with van der Waals surface area (Å²) >= 11 is 0. The molecular formula is C21H26N2O4S. The molecule has 1 atom stereocenters. The van der Waals surface area contributed by atoms with Crippen LogP contribution in [0.4, 0.5) is 0 Å². The molecule has 28 heavy (non-hydrogen) atoms. The van der Waals surface area contributed by atoms with Crippen LogP contribution < -0.4 is 10.1 Å². The van der Waals surface area contributed by atoms with Gasteiger partial charge in [-0.1, -0.05) is 41.1 Å². The summed E-state index contributed by atoms with van der Waals surface area (Å²) in [6.07, 6.45) is 3.77. The van der Waals surface area contributed by atoms with E-state index in [4.69, 9.17) is 4.74 Å². The number of aryl methyl sites for hydroxylation is 1. The van der Waals surface area contributed by atoms with Crippen LogP contribution in [-0.4, -0.2) is 45.1 Å². The van der Waals surface area contributed by atoms with Gasteiger partial charge in [0.2, 0.25) is 0 Å². The summed E-state index contributed by atoms with van der Waals surface area (Å²) in [4.78, 5) is 12.8. The summed E-state index contributed by atoms with van der Waals surface area (Å²) in [6.45, 7) is 1.93. The number of benzene rings is 2. The average Bonchev–Trinajstić information content (AvgIpc) is 2.91. The van der Waals surface area contributed by atoms with Gasteiger partial charge in [0.25, 0.3) is 5.91 Å². The maximum Gasteiger partial charge on any atom is 0.274 e. The van der Waals surface area contributed by atoms with Crippen LogP contribution in [0.1, 0.15) is 35.2 Å². The van der Waals surface area contributed by atoms with Gasteiger partial charge in [-0.15, -0.1) is 0 Å². The summed E-state index contributed by atoms with van der Waals surface area (Å²) < 4.78 is 28.1. The van der Waals surface area contributed by atoms with Crippen LogP contribution in [0.2, 0.25) is 0 Å². The molecule has 2 aliphatic heterocycles. The van der Waals surface area contributed by atoms with Crippen LogP contribution in [0.15, 0.2) is 53.4 Å². The van der Waals surface area contributed by atoms with E-state index in [1.54, 1.807) is 24.3 Å². The standard InChI is InChI=1S/C21H26N2O4S/c24-21-18-8-2-4-10-20(18)28(25,26)23(21)14-6-5-13-22-15-17-12-11-16-7-1-3-9-19(16)27-17/h1-4,7-10,17,22,25-26H,5-6,11-15H2. The lowest BCUT2D eigenvalue weighted by molar-refractivity contribution is 0.0861. The van der Waals surface area contributed by atoms with E-state index in [0.717, 1.165) is 38.1 Å². The van der Waals surface area contributed by atoms with E-state index in [0.29, 0.717) is 23.4 Å². The van der Waals surface area contributed by atoms with Crippen LogP contribution in [-0.2, 0) is 6.42 Å². The second-order valence-electron chi connectivity index (χ2n) is 7.22. The number of rotatable bonds is 7. The maximum absolute atomic E-state index is 12.4. The van der Waals surface area contributed by atoms with Crippen LogP contribution in [0.25, 0.3) is 0 Å². The molecule has 0 bridgehead atoms. The highest BCUT2D eigenvalue weighted by Gasteiger charge is 2.40. The van der Waals surface area contributed by atoms with Crippen molar-refractivity contribution in [2.24, 2.45) is 0 Å². The van der Waals surface area contributed by atoms with Gasteiger partial charge in [0, 0.05) is 13.1 Å². The lowest BCUT2D eigenvalue weighted by Gasteiger charge is -2.36. The topological polar surface area (TPSA) is 82.0 Å². The van der Waals surface area contributed by atoms with Crippen LogP contribution in [0.3, 0.4) is 0 Å². The minimum absolute atomic E-state index is 0.177. The Morgan fingerprint density at radius 3 is 2.75 bits per heavy atom. The van der Waals surface area contributed by atoms with E-state index in [1.807, 2.05) is 18.2 Å². The SMILES string of the molecule is O=C1c2ccccc2S(O)(O)N1CCCCNCC1CCc2ccccc2O1. The number of ether oxygens (including phenoxy) is 1. The van der Waals surface area contributed by atoms with Crippen LogP contribution >= 0.6 is 10.8 Å². The van der Waals surface area contributed by atoms with Gasteiger partial charge < -0.3 is 10.1 Å². The number of fused-ring (bicyclic) bond motifs is 2. The van der Waals surface area contributed by atoms with Crippen molar-refractivity contribution < 1.29 is 18.6 Å². The van der Waals surface area contributed by atoms with Crippen molar-refractivity contribution in [3.05, 3.63) is 59.7 Å². The quantitative estimate of drug-likeness (QED) is 0.612. The molecule has 150 valence electrons. The van der Waals surface area contributed by atoms with Gasteiger partial charge in [0.15, 0.2) is 0 Å². The van der Waals surface area contributed by atoms with Crippen molar-refractivity contribution in [1.82, 2.24) is 9.62 Å². The Balaban J connectivity index is 1.19. The van der Waals surface area contributed by atoms with Crippen molar-refractivity contribution in [3.63, 3.8) is 0 Å². The Bertz CT molecular complexity index is 858. The predicted molar refractivity (Wildman–Crippen MR) is 110 cm³/mol. The van der Waals surface area contributed by atoms with E-state index in [9.17, 15) is 13.9 Å². The summed E-state index contributed by atoms with van der Waals surface area (Å²) in [5.74, 6) is 0.690. The van der Waals surface area contributed by atoms with E-state index < -0.39 is 10.8 Å². The van der Waals surface area contributed by atoms with E-state index in [-0.39, 0.29) is 12.0 Å². The van der Waals surface area contributed by atoms with E-state index in [1.165, 1.54) is 9.87 Å². The first-order valence-electron chi connectivity index (χ1n) is 9.72. The fourth-order valence-electron chi connectivity index (χ4n) is 3.77. The Kier molecular flexibility index (Phi) is 5.59. The van der Waals surface area contributed by atoms with Crippen LogP contribution in [0.5, 0.6) is 5.75 Å². The molecule has 1 amide bonds. The third kappa shape index (κ3) is 3.75. The van der Waals surface area contributed by atoms with Crippen molar-refractivity contribution >= 4 is 16.7 Å². The molecule has 2 aromatic carbocycles.